The Balaban J connectivity index is 1.93. The maximum Gasteiger partial charge on any atom is 0.344 e. The molecule has 162 valence electrons. The highest BCUT2D eigenvalue weighted by Crippen LogP contribution is 2.33. The quantitative estimate of drug-likeness (QED) is 0.271. The molecule has 1 aromatic heterocycles. The molecule has 0 aliphatic rings. The summed E-state index contributed by atoms with van der Waals surface area (Å²) in [5.41, 5.74) is 7.98. The van der Waals surface area contributed by atoms with E-state index in [0.29, 0.717) is 11.3 Å². The predicted octanol–water partition coefficient (Wildman–Crippen LogP) is 6.67. The molecule has 0 N–H and O–H groups in total. The number of aromatic nitrogens is 1. The SMILES string of the molecule is COc1ccc(-c2nc3c(C)cc(C)cc3c(C(=O)Oc3cccc(C)c3C)c2C)cc1. The first-order chi connectivity index (χ1) is 15.3. The van der Waals surface area contributed by atoms with E-state index in [2.05, 4.69) is 6.07 Å². The number of pyridine rings is 1. The summed E-state index contributed by atoms with van der Waals surface area (Å²) in [5.74, 6) is 0.978. The molecule has 0 spiro atoms. The van der Waals surface area contributed by atoms with Gasteiger partial charge in [0.2, 0.25) is 0 Å². The minimum absolute atomic E-state index is 0.372. The fraction of sp³-hybridized carbons (Fsp3) is 0.214. The third-order valence-electron chi connectivity index (χ3n) is 5.99. The van der Waals surface area contributed by atoms with E-state index in [0.717, 1.165) is 55.7 Å². The Labute approximate surface area is 188 Å². The molecule has 4 nitrogen and oxygen atoms in total. The summed E-state index contributed by atoms with van der Waals surface area (Å²) in [4.78, 5) is 18.5. The van der Waals surface area contributed by atoms with Gasteiger partial charge in [-0.3, -0.25) is 0 Å². The Hall–Kier alpha value is -3.66. The van der Waals surface area contributed by atoms with E-state index < -0.39 is 0 Å². The maximum atomic E-state index is 13.5. The summed E-state index contributed by atoms with van der Waals surface area (Å²) >= 11 is 0. The molecule has 3 aromatic carbocycles. The monoisotopic (exact) mass is 425 g/mol. The number of esters is 1. The molecule has 32 heavy (non-hydrogen) atoms. The highest BCUT2D eigenvalue weighted by molar-refractivity contribution is 6.08. The van der Waals surface area contributed by atoms with Crippen LogP contribution in [-0.2, 0) is 0 Å². The van der Waals surface area contributed by atoms with Crippen molar-refractivity contribution in [2.75, 3.05) is 7.11 Å². The molecule has 0 bridgehead atoms. The van der Waals surface area contributed by atoms with Gasteiger partial charge < -0.3 is 9.47 Å². The fourth-order valence-corrected chi connectivity index (χ4v) is 4.09. The van der Waals surface area contributed by atoms with Gasteiger partial charge in [-0.15, -0.1) is 0 Å². The summed E-state index contributed by atoms with van der Waals surface area (Å²) < 4.78 is 11.2. The predicted molar refractivity (Wildman–Crippen MR) is 129 cm³/mol. The number of rotatable bonds is 4. The maximum absolute atomic E-state index is 13.5. The van der Waals surface area contributed by atoms with Gasteiger partial charge >= 0.3 is 5.97 Å². The van der Waals surface area contributed by atoms with Crippen molar-refractivity contribution in [3.8, 4) is 22.8 Å². The highest BCUT2D eigenvalue weighted by atomic mass is 16.5. The first-order valence-corrected chi connectivity index (χ1v) is 10.6. The van der Waals surface area contributed by atoms with Crippen molar-refractivity contribution in [2.24, 2.45) is 0 Å². The zero-order valence-electron chi connectivity index (χ0n) is 19.4. The third-order valence-corrected chi connectivity index (χ3v) is 5.99. The Morgan fingerprint density at radius 2 is 1.56 bits per heavy atom. The van der Waals surface area contributed by atoms with Gasteiger partial charge in [0.25, 0.3) is 0 Å². The van der Waals surface area contributed by atoms with Gasteiger partial charge in [-0.1, -0.05) is 23.8 Å². The average Bonchev–Trinajstić information content (AvgIpc) is 2.76. The van der Waals surface area contributed by atoms with E-state index in [9.17, 15) is 4.79 Å². The topological polar surface area (TPSA) is 48.4 Å². The first kappa shape index (κ1) is 21.6. The molecule has 0 unspecified atom stereocenters. The Morgan fingerprint density at radius 1 is 0.844 bits per heavy atom. The molecular weight excluding hydrogens is 398 g/mol. The van der Waals surface area contributed by atoms with Gasteiger partial charge in [-0.2, -0.15) is 0 Å². The number of fused-ring (bicyclic) bond motifs is 1. The first-order valence-electron chi connectivity index (χ1n) is 10.6. The summed E-state index contributed by atoms with van der Waals surface area (Å²) in [5, 5.41) is 0.813. The van der Waals surface area contributed by atoms with Gasteiger partial charge in [-0.05, 0) is 93.3 Å². The average molecular weight is 426 g/mol. The highest BCUT2D eigenvalue weighted by Gasteiger charge is 2.22. The minimum Gasteiger partial charge on any atom is -0.497 e. The van der Waals surface area contributed by atoms with Crippen LogP contribution < -0.4 is 9.47 Å². The smallest absolute Gasteiger partial charge is 0.344 e. The molecule has 0 aliphatic heterocycles. The molecule has 0 amide bonds. The summed E-state index contributed by atoms with van der Waals surface area (Å²) in [6.07, 6.45) is 0. The number of ether oxygens (including phenoxy) is 2. The van der Waals surface area contributed by atoms with Crippen LogP contribution in [0.15, 0.2) is 54.6 Å². The Morgan fingerprint density at radius 3 is 2.25 bits per heavy atom. The van der Waals surface area contributed by atoms with Crippen LogP contribution in [0.5, 0.6) is 11.5 Å². The molecule has 0 aliphatic carbocycles. The van der Waals surface area contributed by atoms with Crippen LogP contribution in [0.3, 0.4) is 0 Å². The number of hydrogen-bond acceptors (Lipinski definition) is 4. The van der Waals surface area contributed by atoms with Crippen molar-refractivity contribution in [1.29, 1.82) is 0 Å². The largest absolute Gasteiger partial charge is 0.497 e. The van der Waals surface area contributed by atoms with E-state index in [4.69, 9.17) is 14.5 Å². The number of carbonyl (C=O) groups excluding carboxylic acids is 1. The lowest BCUT2D eigenvalue weighted by molar-refractivity contribution is 0.0735. The van der Waals surface area contributed by atoms with Crippen molar-refractivity contribution < 1.29 is 14.3 Å². The van der Waals surface area contributed by atoms with Crippen LogP contribution >= 0.6 is 0 Å². The molecule has 0 fully saturated rings. The van der Waals surface area contributed by atoms with Gasteiger partial charge in [0.05, 0.1) is 23.9 Å². The lowest BCUT2D eigenvalue weighted by atomic mass is 9.95. The van der Waals surface area contributed by atoms with Crippen LogP contribution in [0.25, 0.3) is 22.2 Å². The second-order valence-electron chi connectivity index (χ2n) is 8.25. The molecule has 1 heterocycles. The van der Waals surface area contributed by atoms with E-state index >= 15 is 0 Å². The number of methoxy groups -OCH3 is 1. The molecular formula is C28H27NO3. The van der Waals surface area contributed by atoms with Crippen molar-refractivity contribution >= 4 is 16.9 Å². The molecule has 4 rings (SSSR count). The molecule has 0 saturated carbocycles. The van der Waals surface area contributed by atoms with Gasteiger partial charge in [-0.25, -0.2) is 9.78 Å². The molecule has 4 aromatic rings. The molecule has 4 heteroatoms. The zero-order valence-corrected chi connectivity index (χ0v) is 19.4. The summed E-state index contributed by atoms with van der Waals surface area (Å²) in [7, 11) is 1.64. The van der Waals surface area contributed by atoms with Crippen LogP contribution in [0.2, 0.25) is 0 Å². The Bertz CT molecular complexity index is 1340. The van der Waals surface area contributed by atoms with Crippen LogP contribution in [-0.4, -0.2) is 18.1 Å². The number of hydrogen-bond donors (Lipinski definition) is 0. The lowest BCUT2D eigenvalue weighted by Crippen LogP contribution is -2.14. The minimum atomic E-state index is -0.372. The zero-order chi connectivity index (χ0) is 23.0. The lowest BCUT2D eigenvalue weighted by Gasteiger charge is -2.17. The van der Waals surface area contributed by atoms with E-state index in [1.54, 1.807) is 7.11 Å². The van der Waals surface area contributed by atoms with Crippen molar-refractivity contribution in [3.05, 3.63) is 88.0 Å². The van der Waals surface area contributed by atoms with Gasteiger partial charge in [0, 0.05) is 10.9 Å². The second kappa shape index (κ2) is 8.46. The summed E-state index contributed by atoms with van der Waals surface area (Å²) in [6.45, 7) is 9.96. The normalized spacial score (nSPS) is 10.9. The van der Waals surface area contributed by atoms with E-state index in [1.807, 2.05) is 83.1 Å². The van der Waals surface area contributed by atoms with Gasteiger partial charge in [0.15, 0.2) is 0 Å². The van der Waals surface area contributed by atoms with Crippen LogP contribution in [0.4, 0.5) is 0 Å². The Kier molecular flexibility index (Phi) is 5.70. The van der Waals surface area contributed by atoms with Crippen molar-refractivity contribution in [1.82, 2.24) is 4.98 Å². The number of carbonyl (C=O) groups is 1. The van der Waals surface area contributed by atoms with Gasteiger partial charge in [0.1, 0.15) is 11.5 Å². The molecule has 0 atom stereocenters. The van der Waals surface area contributed by atoms with Crippen molar-refractivity contribution in [2.45, 2.75) is 34.6 Å². The fourth-order valence-electron chi connectivity index (χ4n) is 4.09. The molecule has 0 radical (unpaired) electrons. The number of aryl methyl sites for hydroxylation is 3. The standard InChI is InChI=1S/C28H27NO3/c1-16-14-18(3)26-23(15-16)25(28(30)32-24-9-7-8-17(2)19(24)4)20(5)27(29-26)21-10-12-22(31-6)13-11-21/h7-15H,1-6H3. The second-order valence-corrected chi connectivity index (χ2v) is 8.25. The number of nitrogens with zero attached hydrogens (tertiary/aromatic N) is 1. The third kappa shape index (κ3) is 3.84. The number of benzene rings is 3. The van der Waals surface area contributed by atoms with E-state index in [1.165, 1.54) is 0 Å². The van der Waals surface area contributed by atoms with E-state index in [-0.39, 0.29) is 5.97 Å². The summed E-state index contributed by atoms with van der Waals surface area (Å²) in [6, 6.07) is 17.6. The van der Waals surface area contributed by atoms with Crippen LogP contribution in [0.1, 0.15) is 38.2 Å². The van der Waals surface area contributed by atoms with Crippen molar-refractivity contribution in [3.63, 3.8) is 0 Å². The van der Waals surface area contributed by atoms with Crippen LogP contribution in [0, 0.1) is 34.6 Å². The molecule has 0 saturated heterocycles.